The van der Waals surface area contributed by atoms with Gasteiger partial charge in [0, 0.05) is 15.6 Å². The fourth-order valence-corrected chi connectivity index (χ4v) is 7.99. The van der Waals surface area contributed by atoms with Gasteiger partial charge in [-0.2, -0.15) is 0 Å². The third-order valence-electron chi connectivity index (χ3n) is 8.41. The molecule has 184 valence electrons. The van der Waals surface area contributed by atoms with Gasteiger partial charge < -0.3 is 0 Å². The minimum atomic E-state index is 0.0354. The zero-order chi connectivity index (χ0) is 25.6. The highest BCUT2D eigenvalue weighted by atomic mass is 32.1. The smallest absolute Gasteiger partial charge is 0.116 e. The normalized spacial score (nSPS) is 17.1. The van der Waals surface area contributed by atoms with Crippen LogP contribution in [0.2, 0.25) is 0 Å². The van der Waals surface area contributed by atoms with Gasteiger partial charge in [0.05, 0.1) is 15.9 Å². The summed E-state index contributed by atoms with van der Waals surface area (Å²) < 4.78 is 2.61. The van der Waals surface area contributed by atoms with Crippen LogP contribution in [0.15, 0.2) is 48.8 Å². The van der Waals surface area contributed by atoms with Crippen LogP contribution in [0.3, 0.4) is 0 Å². The lowest BCUT2D eigenvalue weighted by Gasteiger charge is -2.43. The van der Waals surface area contributed by atoms with E-state index in [4.69, 9.17) is 9.97 Å². The number of hydrogen-bond acceptors (Lipinski definition) is 3. The molecule has 5 aromatic rings. The number of thiophene rings is 1. The Morgan fingerprint density at radius 2 is 1.50 bits per heavy atom. The summed E-state index contributed by atoms with van der Waals surface area (Å²) in [5, 5.41) is 3.88. The van der Waals surface area contributed by atoms with Gasteiger partial charge in [-0.3, -0.25) is 0 Å². The van der Waals surface area contributed by atoms with Crippen molar-refractivity contribution in [1.29, 1.82) is 0 Å². The predicted octanol–water partition coefficient (Wildman–Crippen LogP) is 9.62. The Labute approximate surface area is 218 Å². The Balaban J connectivity index is 1.71. The third kappa shape index (κ3) is 3.43. The van der Waals surface area contributed by atoms with E-state index in [0.717, 1.165) is 11.2 Å². The van der Waals surface area contributed by atoms with Gasteiger partial charge in [0.25, 0.3) is 0 Å². The molecule has 0 N–H and O–H groups in total. The number of aromatic nitrogens is 2. The highest BCUT2D eigenvalue weighted by Gasteiger charge is 2.40. The minimum Gasteiger partial charge on any atom is -0.235 e. The highest BCUT2D eigenvalue weighted by Crippen LogP contribution is 2.53. The van der Waals surface area contributed by atoms with Crippen molar-refractivity contribution >= 4 is 42.4 Å². The lowest BCUT2D eigenvalue weighted by atomic mass is 9.62. The monoisotopic (exact) mass is 492 g/mol. The summed E-state index contributed by atoms with van der Waals surface area (Å²) in [4.78, 5) is 9.76. The average Bonchev–Trinajstić information content (AvgIpc) is 3.18. The van der Waals surface area contributed by atoms with E-state index in [0.29, 0.717) is 0 Å². The van der Waals surface area contributed by atoms with Gasteiger partial charge in [0.2, 0.25) is 0 Å². The fraction of sp³-hybridized carbons (Fsp3) is 0.394. The van der Waals surface area contributed by atoms with E-state index in [1.54, 1.807) is 11.9 Å². The Hall–Kier alpha value is -2.78. The molecule has 0 bridgehead atoms. The van der Waals surface area contributed by atoms with Gasteiger partial charge in [-0.05, 0) is 87.2 Å². The van der Waals surface area contributed by atoms with Crippen molar-refractivity contribution in [3.63, 3.8) is 0 Å². The molecule has 0 radical (unpaired) electrons. The first-order valence-electron chi connectivity index (χ1n) is 13.1. The van der Waals surface area contributed by atoms with Crippen molar-refractivity contribution in [2.45, 2.75) is 84.5 Å². The Morgan fingerprint density at radius 3 is 2.22 bits per heavy atom. The molecule has 0 amide bonds. The molecule has 0 fully saturated rings. The molecule has 2 aromatic heterocycles. The summed E-state index contributed by atoms with van der Waals surface area (Å²) in [7, 11) is 0. The molecular weight excluding hydrogens is 456 g/mol. The lowest BCUT2D eigenvalue weighted by molar-refractivity contribution is 0.333. The van der Waals surface area contributed by atoms with E-state index in [1.165, 1.54) is 60.7 Å². The summed E-state index contributed by atoms with van der Waals surface area (Å²) in [5.41, 5.74) is 9.54. The van der Waals surface area contributed by atoms with Crippen LogP contribution in [0.1, 0.15) is 83.6 Å². The van der Waals surface area contributed by atoms with E-state index in [2.05, 4.69) is 97.9 Å². The van der Waals surface area contributed by atoms with Crippen LogP contribution in [0, 0.1) is 6.92 Å². The van der Waals surface area contributed by atoms with E-state index < -0.39 is 0 Å². The molecule has 3 heteroatoms. The standard InChI is InChI=1S/C33H36N2S/c1-19-15-23-28-30(36-29(23)26-25(19)32(5,6)13-14-33(26,7)8)27(34-18-35-28)21-16-20-11-9-10-12-22(20)24(17-21)31(2,3)4/h9-12,15-18H,13-14H2,1-8H3. The Morgan fingerprint density at radius 1 is 0.806 bits per heavy atom. The van der Waals surface area contributed by atoms with E-state index in [9.17, 15) is 0 Å². The molecule has 2 nitrogen and oxygen atoms in total. The maximum Gasteiger partial charge on any atom is 0.116 e. The first kappa shape index (κ1) is 23.6. The number of rotatable bonds is 1. The number of fused-ring (bicyclic) bond motifs is 6. The first-order valence-corrected chi connectivity index (χ1v) is 14.0. The predicted molar refractivity (Wildman–Crippen MR) is 157 cm³/mol. The van der Waals surface area contributed by atoms with Crippen molar-refractivity contribution in [1.82, 2.24) is 9.97 Å². The molecule has 1 aliphatic carbocycles. The van der Waals surface area contributed by atoms with Crippen LogP contribution in [-0.4, -0.2) is 9.97 Å². The lowest BCUT2D eigenvalue weighted by Crippen LogP contribution is -2.34. The molecular formula is C33H36N2S. The Kier molecular flexibility index (Phi) is 4.99. The Bertz CT molecular complexity index is 1680. The fourth-order valence-electron chi connectivity index (χ4n) is 6.51. The number of hydrogen-bond donors (Lipinski definition) is 0. The van der Waals surface area contributed by atoms with Crippen LogP contribution < -0.4 is 0 Å². The summed E-state index contributed by atoms with van der Waals surface area (Å²) >= 11 is 1.90. The van der Waals surface area contributed by atoms with Gasteiger partial charge in [-0.15, -0.1) is 11.3 Å². The highest BCUT2D eigenvalue weighted by molar-refractivity contribution is 7.26. The molecule has 1 aliphatic rings. The molecule has 0 saturated carbocycles. The maximum atomic E-state index is 4.90. The van der Waals surface area contributed by atoms with Crippen LogP contribution in [0.5, 0.6) is 0 Å². The van der Waals surface area contributed by atoms with E-state index in [-0.39, 0.29) is 16.2 Å². The van der Waals surface area contributed by atoms with Crippen LogP contribution in [0.25, 0.3) is 42.3 Å². The zero-order valence-electron chi connectivity index (χ0n) is 22.8. The van der Waals surface area contributed by atoms with Crippen LogP contribution >= 0.6 is 11.3 Å². The molecule has 0 aliphatic heterocycles. The molecule has 6 rings (SSSR count). The molecule has 0 unspecified atom stereocenters. The molecule has 0 spiro atoms. The van der Waals surface area contributed by atoms with Gasteiger partial charge in [0.15, 0.2) is 0 Å². The summed E-state index contributed by atoms with van der Waals surface area (Å²) in [6, 6.07) is 15.8. The van der Waals surface area contributed by atoms with Crippen molar-refractivity contribution < 1.29 is 0 Å². The van der Waals surface area contributed by atoms with Gasteiger partial charge in [-0.1, -0.05) is 72.7 Å². The number of nitrogens with zero attached hydrogens (tertiary/aromatic N) is 2. The molecule has 36 heavy (non-hydrogen) atoms. The minimum absolute atomic E-state index is 0.0354. The second-order valence-corrected chi connectivity index (χ2v) is 14.1. The van der Waals surface area contributed by atoms with Crippen molar-refractivity contribution in [2.24, 2.45) is 0 Å². The molecule has 0 atom stereocenters. The molecule has 0 saturated heterocycles. The second kappa shape index (κ2) is 7.61. The molecule has 3 aromatic carbocycles. The van der Waals surface area contributed by atoms with Gasteiger partial charge >= 0.3 is 0 Å². The summed E-state index contributed by atoms with van der Waals surface area (Å²) in [5.74, 6) is 0. The van der Waals surface area contributed by atoms with E-state index >= 15 is 0 Å². The topological polar surface area (TPSA) is 25.8 Å². The van der Waals surface area contributed by atoms with Crippen molar-refractivity contribution in [2.75, 3.05) is 0 Å². The first-order chi connectivity index (χ1) is 16.9. The van der Waals surface area contributed by atoms with Gasteiger partial charge in [0.1, 0.15) is 6.33 Å². The third-order valence-corrected chi connectivity index (χ3v) is 9.63. The summed E-state index contributed by atoms with van der Waals surface area (Å²) in [6.45, 7) is 18.9. The zero-order valence-corrected chi connectivity index (χ0v) is 23.7. The van der Waals surface area contributed by atoms with Crippen molar-refractivity contribution in [3.8, 4) is 11.3 Å². The SMILES string of the molecule is Cc1cc2c(sc3c(-c4cc(C(C)(C)C)c5ccccc5c4)ncnc32)c2c1C(C)(C)CCC2(C)C. The number of aryl methyl sites for hydroxylation is 1. The average molecular weight is 493 g/mol. The van der Waals surface area contributed by atoms with E-state index in [1.807, 2.05) is 11.3 Å². The quantitative estimate of drug-likeness (QED) is 0.233. The molecule has 2 heterocycles. The van der Waals surface area contributed by atoms with Crippen LogP contribution in [-0.2, 0) is 16.2 Å². The largest absolute Gasteiger partial charge is 0.235 e. The summed E-state index contributed by atoms with van der Waals surface area (Å²) in [6.07, 6.45) is 4.19. The number of benzene rings is 3. The van der Waals surface area contributed by atoms with Gasteiger partial charge in [-0.25, -0.2) is 9.97 Å². The van der Waals surface area contributed by atoms with Crippen LogP contribution in [0.4, 0.5) is 0 Å². The second-order valence-electron chi connectivity index (χ2n) is 13.1. The maximum absolute atomic E-state index is 4.90. The van der Waals surface area contributed by atoms with Crippen molar-refractivity contribution in [3.05, 3.63) is 71.0 Å².